The Balaban J connectivity index is 1.74. The SMILES string of the molecule is C/C=C1/CCC2C3C(CC[C@]12C)[C@@]1(C)CC[C@@H](O)[C@H](O)C1[C@@H](O)[C@@H]3O. The van der Waals surface area contributed by atoms with Crippen molar-refractivity contribution in [3.63, 3.8) is 0 Å². The Morgan fingerprint density at radius 2 is 1.60 bits per heavy atom. The minimum atomic E-state index is -0.951. The maximum atomic E-state index is 11.1. The predicted octanol–water partition coefficient (Wildman–Crippen LogP) is 2.25. The first kappa shape index (κ1) is 18.0. The Morgan fingerprint density at radius 3 is 2.28 bits per heavy atom. The minimum Gasteiger partial charge on any atom is -0.390 e. The lowest BCUT2D eigenvalue weighted by Gasteiger charge is -2.64. The summed E-state index contributed by atoms with van der Waals surface area (Å²) in [5, 5.41) is 42.8. The molecule has 0 aliphatic heterocycles. The second-order valence-electron chi connectivity index (χ2n) is 9.71. The summed E-state index contributed by atoms with van der Waals surface area (Å²) >= 11 is 0. The first-order valence-electron chi connectivity index (χ1n) is 10.1. The summed E-state index contributed by atoms with van der Waals surface area (Å²) in [7, 11) is 0. The van der Waals surface area contributed by atoms with Gasteiger partial charge in [-0.25, -0.2) is 0 Å². The molecule has 0 aromatic rings. The Kier molecular flexibility index (Phi) is 4.16. The maximum absolute atomic E-state index is 11.1. The molecule has 0 radical (unpaired) electrons. The van der Waals surface area contributed by atoms with Gasteiger partial charge >= 0.3 is 0 Å². The zero-order valence-corrected chi connectivity index (χ0v) is 15.7. The Labute approximate surface area is 151 Å². The second-order valence-corrected chi connectivity index (χ2v) is 9.71. The average Bonchev–Trinajstić information content (AvgIpc) is 2.92. The van der Waals surface area contributed by atoms with Gasteiger partial charge in [0.05, 0.1) is 24.4 Å². The molecule has 0 aromatic heterocycles. The number of hydrogen-bond acceptors (Lipinski definition) is 4. The van der Waals surface area contributed by atoms with Crippen molar-refractivity contribution in [2.24, 2.45) is 34.5 Å². The van der Waals surface area contributed by atoms with Crippen molar-refractivity contribution < 1.29 is 20.4 Å². The molecule has 4 N–H and O–H groups in total. The molecule has 4 aliphatic carbocycles. The first-order chi connectivity index (χ1) is 11.8. The topological polar surface area (TPSA) is 80.9 Å². The molecule has 0 bridgehead atoms. The Bertz CT molecular complexity index is 574. The molecule has 0 saturated heterocycles. The lowest BCUT2D eigenvalue weighted by Crippen LogP contribution is -2.67. The van der Waals surface area contributed by atoms with Gasteiger partial charge in [-0.05, 0) is 74.0 Å². The molecule has 4 nitrogen and oxygen atoms in total. The number of aliphatic hydroxyl groups excluding tert-OH is 4. The molecule has 0 aromatic carbocycles. The summed E-state index contributed by atoms with van der Waals surface area (Å²) < 4.78 is 0. The lowest BCUT2D eigenvalue weighted by atomic mass is 9.43. The smallest absolute Gasteiger partial charge is 0.0861 e. The molecular formula is C21H34O4. The molecule has 0 heterocycles. The quantitative estimate of drug-likeness (QED) is 0.505. The molecule has 4 fully saturated rings. The van der Waals surface area contributed by atoms with Crippen LogP contribution in [0.1, 0.15) is 59.3 Å². The van der Waals surface area contributed by atoms with E-state index in [0.717, 1.165) is 32.1 Å². The van der Waals surface area contributed by atoms with Gasteiger partial charge in [0.2, 0.25) is 0 Å². The fraction of sp³-hybridized carbons (Fsp3) is 0.905. The summed E-state index contributed by atoms with van der Waals surface area (Å²) in [5.41, 5.74) is 1.46. The van der Waals surface area contributed by atoms with Gasteiger partial charge < -0.3 is 20.4 Å². The van der Waals surface area contributed by atoms with Crippen LogP contribution in [0.5, 0.6) is 0 Å². The standard InChI is InChI=1S/C21H34O4/c1-4-11-5-6-12-15-13(7-9-20(11,12)2)21(3)10-8-14(22)17(23)16(21)19(25)18(15)24/h4,12-19,22-25H,5-10H2,1-3H3/b11-4-/t12?,13?,14-,15?,16?,17+,18-,19-,20-,21-/m1/s1. The van der Waals surface area contributed by atoms with Gasteiger partial charge in [-0.2, -0.15) is 0 Å². The van der Waals surface area contributed by atoms with Crippen molar-refractivity contribution in [2.45, 2.75) is 83.7 Å². The third-order valence-electron chi connectivity index (χ3n) is 8.99. The summed E-state index contributed by atoms with van der Waals surface area (Å²) in [6.07, 6.45) is 4.55. The van der Waals surface area contributed by atoms with E-state index in [1.807, 2.05) is 0 Å². The van der Waals surface area contributed by atoms with E-state index in [1.54, 1.807) is 0 Å². The van der Waals surface area contributed by atoms with E-state index < -0.39 is 30.3 Å². The van der Waals surface area contributed by atoms with Gasteiger partial charge in [-0.1, -0.05) is 25.5 Å². The highest BCUT2D eigenvalue weighted by atomic mass is 16.3. The van der Waals surface area contributed by atoms with Crippen molar-refractivity contribution in [1.29, 1.82) is 0 Å². The molecule has 25 heavy (non-hydrogen) atoms. The van der Waals surface area contributed by atoms with Gasteiger partial charge in [0.15, 0.2) is 0 Å². The van der Waals surface area contributed by atoms with E-state index in [0.29, 0.717) is 18.3 Å². The third kappa shape index (κ3) is 2.20. The number of fused-ring (bicyclic) bond motifs is 5. The van der Waals surface area contributed by atoms with Crippen LogP contribution in [0.2, 0.25) is 0 Å². The van der Waals surface area contributed by atoms with Gasteiger partial charge in [0, 0.05) is 5.92 Å². The first-order valence-corrected chi connectivity index (χ1v) is 10.1. The van der Waals surface area contributed by atoms with Crippen molar-refractivity contribution in [1.82, 2.24) is 0 Å². The number of rotatable bonds is 0. The van der Waals surface area contributed by atoms with Gasteiger partial charge in [-0.15, -0.1) is 0 Å². The highest BCUT2D eigenvalue weighted by Gasteiger charge is 2.65. The van der Waals surface area contributed by atoms with Crippen LogP contribution in [0, 0.1) is 34.5 Å². The van der Waals surface area contributed by atoms with Crippen molar-refractivity contribution in [2.75, 3.05) is 0 Å². The predicted molar refractivity (Wildman–Crippen MR) is 95.7 cm³/mol. The molecule has 4 saturated carbocycles. The van der Waals surface area contributed by atoms with Crippen LogP contribution in [0.4, 0.5) is 0 Å². The van der Waals surface area contributed by atoms with Crippen LogP contribution < -0.4 is 0 Å². The number of hydrogen-bond donors (Lipinski definition) is 4. The lowest BCUT2D eigenvalue weighted by molar-refractivity contribution is -0.247. The summed E-state index contributed by atoms with van der Waals surface area (Å²) in [4.78, 5) is 0. The minimum absolute atomic E-state index is 0.0925. The van der Waals surface area contributed by atoms with Gasteiger partial charge in [-0.3, -0.25) is 0 Å². The normalized spacial score (nSPS) is 60.0. The fourth-order valence-electron chi connectivity index (χ4n) is 7.65. The molecule has 4 rings (SSSR count). The van der Waals surface area contributed by atoms with Gasteiger partial charge in [0.1, 0.15) is 0 Å². The van der Waals surface area contributed by atoms with Crippen molar-refractivity contribution in [3.05, 3.63) is 11.6 Å². The van der Waals surface area contributed by atoms with E-state index >= 15 is 0 Å². The van der Waals surface area contributed by atoms with E-state index in [9.17, 15) is 20.4 Å². The summed E-state index contributed by atoms with van der Waals surface area (Å²) in [5.74, 6) is 0.380. The molecule has 0 spiro atoms. The van der Waals surface area contributed by atoms with Crippen LogP contribution in [0.25, 0.3) is 0 Å². The second kappa shape index (κ2) is 5.79. The molecular weight excluding hydrogens is 316 g/mol. The van der Waals surface area contributed by atoms with Crippen LogP contribution in [0.3, 0.4) is 0 Å². The third-order valence-corrected chi connectivity index (χ3v) is 8.99. The van der Waals surface area contributed by atoms with E-state index in [2.05, 4.69) is 26.8 Å². The van der Waals surface area contributed by atoms with Crippen LogP contribution in [-0.2, 0) is 0 Å². The molecule has 0 amide bonds. The van der Waals surface area contributed by atoms with Crippen molar-refractivity contribution >= 4 is 0 Å². The van der Waals surface area contributed by atoms with E-state index in [4.69, 9.17) is 0 Å². The van der Waals surface area contributed by atoms with Crippen LogP contribution in [-0.4, -0.2) is 44.8 Å². The zero-order valence-electron chi connectivity index (χ0n) is 15.7. The largest absolute Gasteiger partial charge is 0.390 e. The number of allylic oxidation sites excluding steroid dienone is 2. The molecule has 4 unspecified atom stereocenters. The maximum Gasteiger partial charge on any atom is 0.0861 e. The highest BCUT2D eigenvalue weighted by Crippen LogP contribution is 2.67. The van der Waals surface area contributed by atoms with Crippen LogP contribution in [0.15, 0.2) is 11.6 Å². The fourth-order valence-corrected chi connectivity index (χ4v) is 7.65. The number of aliphatic hydroxyl groups is 4. The monoisotopic (exact) mass is 350 g/mol. The zero-order chi connectivity index (χ0) is 18.1. The molecule has 142 valence electrons. The average molecular weight is 350 g/mol. The Morgan fingerprint density at radius 1 is 0.880 bits per heavy atom. The van der Waals surface area contributed by atoms with E-state index in [-0.39, 0.29) is 16.7 Å². The van der Waals surface area contributed by atoms with Gasteiger partial charge in [0.25, 0.3) is 0 Å². The van der Waals surface area contributed by atoms with E-state index in [1.165, 1.54) is 5.57 Å². The van der Waals surface area contributed by atoms with Crippen molar-refractivity contribution in [3.8, 4) is 0 Å². The Hall–Kier alpha value is -0.420. The van der Waals surface area contributed by atoms with Crippen LogP contribution >= 0.6 is 0 Å². The molecule has 4 aliphatic rings. The highest BCUT2D eigenvalue weighted by molar-refractivity contribution is 5.25. The molecule has 10 atom stereocenters. The molecule has 4 heteroatoms. The summed E-state index contributed by atoms with van der Waals surface area (Å²) in [6, 6.07) is 0. The summed E-state index contributed by atoms with van der Waals surface area (Å²) in [6.45, 7) is 6.66.